The van der Waals surface area contributed by atoms with Gasteiger partial charge in [0, 0.05) is 24.3 Å². The zero-order chi connectivity index (χ0) is 25.4. The van der Waals surface area contributed by atoms with E-state index in [1.54, 1.807) is 12.3 Å². The number of pyridine rings is 1. The first-order chi connectivity index (χ1) is 17.3. The maximum atomic E-state index is 14.9. The van der Waals surface area contributed by atoms with Crippen molar-refractivity contribution in [3.8, 4) is 11.3 Å². The smallest absolute Gasteiger partial charge is 0.229 e. The minimum absolute atomic E-state index is 0.00254. The molecule has 0 amide bonds. The number of aromatic nitrogens is 5. The van der Waals surface area contributed by atoms with Crippen molar-refractivity contribution in [3.63, 3.8) is 0 Å². The second kappa shape index (κ2) is 9.73. The van der Waals surface area contributed by atoms with Crippen molar-refractivity contribution in [3.05, 3.63) is 66.3 Å². The highest BCUT2D eigenvalue weighted by Gasteiger charge is 2.19. The predicted molar refractivity (Wildman–Crippen MR) is 138 cm³/mol. The summed E-state index contributed by atoms with van der Waals surface area (Å²) in [5.41, 5.74) is 3.21. The molecule has 1 atom stereocenters. The molecule has 0 saturated carbocycles. The van der Waals surface area contributed by atoms with Crippen molar-refractivity contribution in [1.29, 1.82) is 0 Å². The van der Waals surface area contributed by atoms with Crippen LogP contribution in [0.15, 0.2) is 43.2 Å². The van der Waals surface area contributed by atoms with E-state index >= 15 is 0 Å². The quantitative estimate of drug-likeness (QED) is 0.356. The van der Waals surface area contributed by atoms with Crippen LogP contribution in [0.25, 0.3) is 27.9 Å². The molecule has 186 valence electrons. The molecule has 5 rings (SSSR count). The van der Waals surface area contributed by atoms with Gasteiger partial charge >= 0.3 is 0 Å². The van der Waals surface area contributed by atoms with E-state index in [-0.39, 0.29) is 23.2 Å². The first-order valence-electron chi connectivity index (χ1n) is 12.2. The van der Waals surface area contributed by atoms with Gasteiger partial charge in [0.05, 0.1) is 11.7 Å². The largest absolute Gasteiger partial charge is 0.326 e. The Balaban J connectivity index is 1.42. The van der Waals surface area contributed by atoms with E-state index in [1.165, 1.54) is 6.07 Å². The molecule has 4 aromatic rings. The van der Waals surface area contributed by atoms with E-state index in [4.69, 9.17) is 0 Å². The van der Waals surface area contributed by atoms with Gasteiger partial charge in [0.2, 0.25) is 5.95 Å². The summed E-state index contributed by atoms with van der Waals surface area (Å²) < 4.78 is 31.6. The summed E-state index contributed by atoms with van der Waals surface area (Å²) in [5.74, 6) is 0.599. The topological polar surface area (TPSA) is 80.6 Å². The number of piperidine rings is 1. The molecule has 1 aliphatic rings. The Kier molecular flexibility index (Phi) is 6.49. The van der Waals surface area contributed by atoms with Gasteiger partial charge in [-0.1, -0.05) is 6.58 Å². The molecule has 1 fully saturated rings. The molecule has 1 aromatic carbocycles. The molecule has 1 aliphatic heterocycles. The van der Waals surface area contributed by atoms with Gasteiger partial charge in [-0.05, 0) is 81.5 Å². The van der Waals surface area contributed by atoms with Gasteiger partial charge in [-0.15, -0.1) is 0 Å². The third kappa shape index (κ3) is 4.58. The van der Waals surface area contributed by atoms with Crippen LogP contribution in [0, 0.1) is 24.5 Å². The van der Waals surface area contributed by atoms with Crippen LogP contribution in [0.4, 0.5) is 20.5 Å². The molecule has 2 N–H and O–H groups in total. The normalized spacial score (nSPS) is 16.0. The monoisotopic (exact) mass is 489 g/mol. The number of hydrogen-bond donors (Lipinski definition) is 2. The number of halogens is 2. The summed E-state index contributed by atoms with van der Waals surface area (Å²) in [6, 6.07) is 6.81. The van der Waals surface area contributed by atoms with E-state index < -0.39 is 11.6 Å². The van der Waals surface area contributed by atoms with Gasteiger partial charge in [-0.2, -0.15) is 0 Å². The molecule has 0 bridgehead atoms. The average Bonchev–Trinajstić information content (AvgIpc) is 3.22. The lowest BCUT2D eigenvalue weighted by molar-refractivity contribution is 0.448. The van der Waals surface area contributed by atoms with Crippen molar-refractivity contribution in [1.82, 2.24) is 29.8 Å². The Morgan fingerprint density at radius 1 is 1.14 bits per heavy atom. The van der Waals surface area contributed by atoms with E-state index in [0.29, 0.717) is 28.6 Å². The Hall–Kier alpha value is -3.72. The molecule has 1 saturated heterocycles. The van der Waals surface area contributed by atoms with Crippen LogP contribution in [0.1, 0.15) is 44.1 Å². The second-order valence-corrected chi connectivity index (χ2v) is 9.46. The number of benzene rings is 1. The summed E-state index contributed by atoms with van der Waals surface area (Å²) >= 11 is 0. The maximum absolute atomic E-state index is 14.9. The van der Waals surface area contributed by atoms with Crippen LogP contribution in [-0.4, -0.2) is 37.6 Å². The molecule has 0 aliphatic carbocycles. The first kappa shape index (κ1) is 24.0. The molecule has 0 spiro atoms. The Bertz CT molecular complexity index is 1420. The Morgan fingerprint density at radius 2 is 1.97 bits per heavy atom. The van der Waals surface area contributed by atoms with E-state index in [1.807, 2.05) is 37.5 Å². The van der Waals surface area contributed by atoms with Gasteiger partial charge < -0.3 is 15.2 Å². The first-order valence-corrected chi connectivity index (χ1v) is 12.2. The fourth-order valence-corrected chi connectivity index (χ4v) is 4.84. The highest BCUT2D eigenvalue weighted by atomic mass is 19.1. The number of rotatable bonds is 6. The minimum Gasteiger partial charge on any atom is -0.326 e. The van der Waals surface area contributed by atoms with Crippen LogP contribution < -0.4 is 10.6 Å². The Morgan fingerprint density at radius 3 is 2.67 bits per heavy atom. The van der Waals surface area contributed by atoms with Gasteiger partial charge in [0.1, 0.15) is 22.9 Å². The fraction of sp³-hybridized carbons (Fsp3) is 0.333. The van der Waals surface area contributed by atoms with E-state index in [9.17, 15) is 8.78 Å². The summed E-state index contributed by atoms with van der Waals surface area (Å²) in [4.78, 5) is 17.2. The number of nitrogens with one attached hydrogen (secondary N) is 2. The molecule has 1 unspecified atom stereocenters. The summed E-state index contributed by atoms with van der Waals surface area (Å²) in [7, 11) is 0. The van der Waals surface area contributed by atoms with E-state index in [2.05, 4.69) is 37.1 Å². The highest BCUT2D eigenvalue weighted by Crippen LogP contribution is 2.31. The molecule has 9 heteroatoms. The average molecular weight is 490 g/mol. The van der Waals surface area contributed by atoms with Crippen LogP contribution in [0.3, 0.4) is 0 Å². The van der Waals surface area contributed by atoms with Gasteiger partial charge in [0.15, 0.2) is 11.6 Å². The number of aryl methyl sites for hydroxylation is 1. The maximum Gasteiger partial charge on any atom is 0.229 e. The molecule has 0 radical (unpaired) electrons. The molecule has 3 aromatic heterocycles. The van der Waals surface area contributed by atoms with Gasteiger partial charge in [0.25, 0.3) is 0 Å². The van der Waals surface area contributed by atoms with Crippen LogP contribution in [0.2, 0.25) is 0 Å². The number of hydrogen-bond acceptors (Lipinski definition) is 6. The van der Waals surface area contributed by atoms with Crippen molar-refractivity contribution in [2.45, 2.75) is 39.7 Å². The summed E-state index contributed by atoms with van der Waals surface area (Å²) in [6.07, 6.45) is 5.09. The zero-order valence-electron chi connectivity index (χ0n) is 20.6. The molecule has 36 heavy (non-hydrogen) atoms. The summed E-state index contributed by atoms with van der Waals surface area (Å²) in [5, 5.41) is 6.43. The van der Waals surface area contributed by atoms with Crippen LogP contribution in [0.5, 0.6) is 0 Å². The molecular formula is C27H29F2N7. The van der Waals surface area contributed by atoms with Crippen LogP contribution in [-0.2, 0) is 0 Å². The summed E-state index contributed by atoms with van der Waals surface area (Å²) in [6.45, 7) is 12.0. The Labute approximate surface area is 208 Å². The lowest BCUT2D eigenvalue weighted by Crippen LogP contribution is -2.30. The number of anilines is 2. The number of imidazole rings is 1. The van der Waals surface area contributed by atoms with E-state index in [0.717, 1.165) is 43.3 Å². The minimum atomic E-state index is -0.646. The SMILES string of the molecule is C=C(c1ccc(Nc2ncc(F)c(-c3cc(F)c4nc(C)n(C(C)C)c4c3)n2)nc1)C1CCCNC1. The highest BCUT2D eigenvalue weighted by molar-refractivity contribution is 5.83. The molecule has 7 nitrogen and oxygen atoms in total. The van der Waals surface area contributed by atoms with Crippen molar-refractivity contribution in [2.24, 2.45) is 5.92 Å². The number of fused-ring (bicyclic) bond motifs is 1. The van der Waals surface area contributed by atoms with Gasteiger partial charge in [-0.25, -0.2) is 28.7 Å². The lowest BCUT2D eigenvalue weighted by atomic mass is 9.89. The fourth-order valence-electron chi connectivity index (χ4n) is 4.84. The zero-order valence-corrected chi connectivity index (χ0v) is 20.6. The predicted octanol–water partition coefficient (Wildman–Crippen LogP) is 5.81. The van der Waals surface area contributed by atoms with Crippen molar-refractivity contribution >= 4 is 28.4 Å². The lowest BCUT2D eigenvalue weighted by Gasteiger charge is -2.24. The van der Waals surface area contributed by atoms with Crippen molar-refractivity contribution in [2.75, 3.05) is 18.4 Å². The third-order valence-electron chi connectivity index (χ3n) is 6.62. The van der Waals surface area contributed by atoms with Gasteiger partial charge in [-0.3, -0.25) is 0 Å². The molecule has 4 heterocycles. The third-order valence-corrected chi connectivity index (χ3v) is 6.62. The molecular weight excluding hydrogens is 460 g/mol. The van der Waals surface area contributed by atoms with Crippen LogP contribution >= 0.6 is 0 Å². The second-order valence-electron chi connectivity index (χ2n) is 9.46. The standard InChI is InChI=1S/C27H29F2N7/c1-15(2)36-17(4)33-26-21(28)10-20(11-23(26)36)25-22(29)14-32-27(35-25)34-24-8-7-19(13-31-24)16(3)18-6-5-9-30-12-18/h7-8,10-11,13-15,18,30H,3,5-6,9,12H2,1-2,4H3,(H,31,32,34,35). The number of nitrogens with zero attached hydrogens (tertiary/aromatic N) is 5. The van der Waals surface area contributed by atoms with Crippen molar-refractivity contribution < 1.29 is 8.78 Å².